The molecule has 3 N–H and O–H groups in total. The number of H-pyrrole nitrogens is 1. The first-order chi connectivity index (χ1) is 8.38. The maximum atomic E-state index is 5.61. The Morgan fingerprint density at radius 3 is 2.88 bits per heavy atom. The van der Waals surface area contributed by atoms with Crippen LogP contribution in [-0.4, -0.2) is 28.0 Å². The highest BCUT2D eigenvalue weighted by molar-refractivity contribution is 5.86. The summed E-state index contributed by atoms with van der Waals surface area (Å²) in [6.07, 6.45) is 5.69. The molecule has 2 aromatic heterocycles. The zero-order valence-corrected chi connectivity index (χ0v) is 9.82. The van der Waals surface area contributed by atoms with E-state index in [1.807, 2.05) is 6.20 Å². The molecule has 1 fully saturated rings. The van der Waals surface area contributed by atoms with Crippen LogP contribution in [0.15, 0.2) is 12.3 Å². The molecule has 0 aromatic carbocycles. The van der Waals surface area contributed by atoms with Crippen LogP contribution in [-0.2, 0) is 6.54 Å². The fourth-order valence-electron chi connectivity index (χ4n) is 2.44. The number of nitrogens with zero attached hydrogens (tertiary/aromatic N) is 3. The number of imidazole rings is 1. The molecule has 3 rings (SSSR count). The molecular formula is C12H17N5. The lowest BCUT2D eigenvalue weighted by atomic mass is 10.1. The summed E-state index contributed by atoms with van der Waals surface area (Å²) < 4.78 is 0. The molecule has 90 valence electrons. The molecule has 0 bridgehead atoms. The molecule has 0 spiro atoms. The lowest BCUT2D eigenvalue weighted by molar-refractivity contribution is 0.578. The maximum absolute atomic E-state index is 5.61. The number of piperidine rings is 1. The zero-order valence-electron chi connectivity index (χ0n) is 9.82. The number of aromatic amines is 1. The highest BCUT2D eigenvalue weighted by Gasteiger charge is 2.15. The van der Waals surface area contributed by atoms with Gasteiger partial charge in [-0.05, 0) is 25.3 Å². The summed E-state index contributed by atoms with van der Waals surface area (Å²) in [6.45, 7) is 2.67. The van der Waals surface area contributed by atoms with E-state index < -0.39 is 0 Å². The Bertz CT molecular complexity index is 513. The maximum Gasteiger partial charge on any atom is 0.179 e. The third-order valence-electron chi connectivity index (χ3n) is 3.31. The molecule has 3 heterocycles. The molecule has 5 nitrogen and oxygen atoms in total. The van der Waals surface area contributed by atoms with Crippen LogP contribution in [0.5, 0.6) is 0 Å². The lowest BCUT2D eigenvalue weighted by Crippen LogP contribution is -2.29. The Morgan fingerprint density at radius 1 is 1.29 bits per heavy atom. The van der Waals surface area contributed by atoms with E-state index >= 15 is 0 Å². The number of fused-ring (bicyclic) bond motifs is 1. The van der Waals surface area contributed by atoms with Gasteiger partial charge in [0.05, 0.1) is 12.2 Å². The molecule has 0 radical (unpaired) electrons. The first-order valence-corrected chi connectivity index (χ1v) is 6.17. The summed E-state index contributed by atoms with van der Waals surface area (Å²) in [5.41, 5.74) is 8.61. The summed E-state index contributed by atoms with van der Waals surface area (Å²) in [7, 11) is 0. The first-order valence-electron chi connectivity index (χ1n) is 6.17. The fourth-order valence-corrected chi connectivity index (χ4v) is 2.44. The Kier molecular flexibility index (Phi) is 2.68. The molecule has 0 saturated carbocycles. The molecule has 1 saturated heterocycles. The molecule has 0 amide bonds. The second kappa shape index (κ2) is 4.33. The molecule has 5 heteroatoms. The Labute approximate surface area is 100 Å². The molecule has 17 heavy (non-hydrogen) atoms. The molecular weight excluding hydrogens is 214 g/mol. The van der Waals surface area contributed by atoms with E-state index in [1.54, 1.807) is 0 Å². The van der Waals surface area contributed by atoms with Gasteiger partial charge in [-0.2, -0.15) is 0 Å². The van der Waals surface area contributed by atoms with Crippen molar-refractivity contribution >= 4 is 16.9 Å². The van der Waals surface area contributed by atoms with Gasteiger partial charge >= 0.3 is 0 Å². The minimum Gasteiger partial charge on any atom is -0.370 e. The minimum atomic E-state index is 0.426. The van der Waals surface area contributed by atoms with Crippen LogP contribution in [0.4, 0.5) is 5.69 Å². The summed E-state index contributed by atoms with van der Waals surface area (Å²) >= 11 is 0. The van der Waals surface area contributed by atoms with Crippen LogP contribution in [0.3, 0.4) is 0 Å². The van der Waals surface area contributed by atoms with Gasteiger partial charge in [0, 0.05) is 19.3 Å². The molecule has 0 unspecified atom stereocenters. The lowest BCUT2D eigenvalue weighted by Gasteiger charge is -2.28. The van der Waals surface area contributed by atoms with Crippen LogP contribution in [0.2, 0.25) is 0 Å². The fraction of sp³-hybridized carbons (Fsp3) is 0.500. The van der Waals surface area contributed by atoms with Crippen molar-refractivity contribution in [3.05, 3.63) is 18.1 Å². The predicted octanol–water partition coefficient (Wildman–Crippen LogP) is 1.41. The topological polar surface area (TPSA) is 70.8 Å². The van der Waals surface area contributed by atoms with Gasteiger partial charge < -0.3 is 15.6 Å². The van der Waals surface area contributed by atoms with Gasteiger partial charge in [-0.15, -0.1) is 0 Å². The molecule has 2 aromatic rings. The molecule has 0 aliphatic carbocycles. The van der Waals surface area contributed by atoms with E-state index in [1.165, 1.54) is 24.9 Å². The van der Waals surface area contributed by atoms with Crippen LogP contribution < -0.4 is 10.6 Å². The van der Waals surface area contributed by atoms with Crippen molar-refractivity contribution in [3.8, 4) is 0 Å². The third kappa shape index (κ3) is 1.86. The number of hydrogen-bond donors (Lipinski definition) is 2. The van der Waals surface area contributed by atoms with Crippen molar-refractivity contribution < 1.29 is 0 Å². The number of pyridine rings is 1. The number of anilines is 1. The standard InChI is InChI=1S/C12H17N5/c13-8-10-15-11-9(4-5-14-12(11)16-10)17-6-2-1-3-7-17/h4-5H,1-3,6-8,13H2,(H,14,15,16). The van der Waals surface area contributed by atoms with Crippen molar-refractivity contribution in [1.82, 2.24) is 15.0 Å². The third-order valence-corrected chi connectivity index (χ3v) is 3.31. The van der Waals surface area contributed by atoms with Crippen molar-refractivity contribution in [2.24, 2.45) is 5.73 Å². The highest BCUT2D eigenvalue weighted by Crippen LogP contribution is 2.26. The highest BCUT2D eigenvalue weighted by atomic mass is 15.2. The zero-order chi connectivity index (χ0) is 11.7. The number of hydrogen-bond acceptors (Lipinski definition) is 4. The monoisotopic (exact) mass is 231 g/mol. The molecule has 0 atom stereocenters. The van der Waals surface area contributed by atoms with Crippen LogP contribution in [0, 0.1) is 0 Å². The van der Waals surface area contributed by atoms with Gasteiger partial charge in [-0.3, -0.25) is 0 Å². The van der Waals surface area contributed by atoms with Crippen molar-refractivity contribution in [1.29, 1.82) is 0 Å². The summed E-state index contributed by atoms with van der Waals surface area (Å²) in [5, 5.41) is 0. The minimum absolute atomic E-state index is 0.426. The van der Waals surface area contributed by atoms with Gasteiger partial charge in [-0.1, -0.05) is 0 Å². The Balaban J connectivity index is 2.05. The summed E-state index contributed by atoms with van der Waals surface area (Å²) in [5.74, 6) is 0.803. The van der Waals surface area contributed by atoms with Gasteiger partial charge in [0.25, 0.3) is 0 Å². The second-order valence-electron chi connectivity index (χ2n) is 4.46. The smallest absolute Gasteiger partial charge is 0.179 e. The van der Waals surface area contributed by atoms with Gasteiger partial charge in [0.1, 0.15) is 11.3 Å². The first kappa shape index (κ1) is 10.5. The predicted molar refractivity (Wildman–Crippen MR) is 67.8 cm³/mol. The van der Waals surface area contributed by atoms with E-state index in [9.17, 15) is 0 Å². The van der Waals surface area contributed by atoms with Crippen LogP contribution in [0.25, 0.3) is 11.2 Å². The summed E-state index contributed by atoms with van der Waals surface area (Å²) in [6, 6.07) is 2.06. The van der Waals surface area contributed by atoms with Gasteiger partial charge in [0.15, 0.2) is 5.65 Å². The number of nitrogens with one attached hydrogen (secondary N) is 1. The van der Waals surface area contributed by atoms with Crippen LogP contribution in [0.1, 0.15) is 25.1 Å². The number of nitrogens with two attached hydrogens (primary N) is 1. The molecule has 1 aliphatic heterocycles. The second-order valence-corrected chi connectivity index (χ2v) is 4.46. The Hall–Kier alpha value is -1.62. The van der Waals surface area contributed by atoms with E-state index in [0.29, 0.717) is 6.54 Å². The SMILES string of the molecule is NCc1nc2nccc(N3CCCCC3)c2[nH]1. The normalized spacial score (nSPS) is 16.6. The van der Waals surface area contributed by atoms with Gasteiger partial charge in [-0.25, -0.2) is 9.97 Å². The van der Waals surface area contributed by atoms with E-state index in [2.05, 4.69) is 25.9 Å². The van der Waals surface area contributed by atoms with Crippen LogP contribution >= 0.6 is 0 Å². The average molecular weight is 231 g/mol. The van der Waals surface area contributed by atoms with Crippen molar-refractivity contribution in [3.63, 3.8) is 0 Å². The van der Waals surface area contributed by atoms with E-state index in [-0.39, 0.29) is 0 Å². The van der Waals surface area contributed by atoms with Crippen molar-refractivity contribution in [2.45, 2.75) is 25.8 Å². The largest absolute Gasteiger partial charge is 0.370 e. The van der Waals surface area contributed by atoms with Gasteiger partial charge in [0.2, 0.25) is 0 Å². The van der Waals surface area contributed by atoms with Crippen molar-refractivity contribution in [2.75, 3.05) is 18.0 Å². The average Bonchev–Trinajstić information content (AvgIpc) is 2.82. The van der Waals surface area contributed by atoms with E-state index in [4.69, 9.17) is 5.73 Å². The van der Waals surface area contributed by atoms with E-state index in [0.717, 1.165) is 30.1 Å². The Morgan fingerprint density at radius 2 is 2.12 bits per heavy atom. The quantitative estimate of drug-likeness (QED) is 0.819. The number of rotatable bonds is 2. The summed E-state index contributed by atoms with van der Waals surface area (Å²) in [4.78, 5) is 14.3. The number of aromatic nitrogens is 3. The molecule has 1 aliphatic rings.